The number of benzene rings is 1. The van der Waals surface area contributed by atoms with Crippen molar-refractivity contribution in [3.8, 4) is 0 Å². The fourth-order valence-corrected chi connectivity index (χ4v) is 4.14. The lowest BCUT2D eigenvalue weighted by atomic mass is 10.1. The van der Waals surface area contributed by atoms with Crippen LogP contribution in [0.25, 0.3) is 0 Å². The Hall–Kier alpha value is -3.98. The minimum atomic E-state index is -4.77. The van der Waals surface area contributed by atoms with Crippen molar-refractivity contribution in [3.05, 3.63) is 65.5 Å². The first-order valence-electron chi connectivity index (χ1n) is 11.4. The van der Waals surface area contributed by atoms with Crippen molar-refractivity contribution in [1.82, 2.24) is 19.9 Å². The van der Waals surface area contributed by atoms with Crippen molar-refractivity contribution in [2.75, 3.05) is 34.2 Å². The summed E-state index contributed by atoms with van der Waals surface area (Å²) < 4.78 is 67.2. The number of carbonyl (C=O) groups excluding carboxylic acids is 1. The number of anilines is 4. The molecule has 15 heteroatoms. The van der Waals surface area contributed by atoms with Gasteiger partial charge in [-0.05, 0) is 31.2 Å². The highest BCUT2D eigenvalue weighted by Crippen LogP contribution is 2.34. The predicted molar refractivity (Wildman–Crippen MR) is 133 cm³/mol. The summed E-state index contributed by atoms with van der Waals surface area (Å²) in [5, 5.41) is 14.8. The standard InChI is InChI=1S/C23H24F3N7O4S/c1-2-38(36,37)32-19-15(6-4-8-27-19)10-28-20-18(23(24,25)26)11-29-22(31-20)30-16-7-3-5-14(9-16)21(35)33-12-17(34)13-33/h3-9,11,17,34H,2,10,12-13H2,1H3,(H,27,32)(H2,28,29,30,31). The van der Waals surface area contributed by atoms with E-state index in [-0.39, 0.29) is 43.1 Å². The highest BCUT2D eigenvalue weighted by Gasteiger charge is 2.35. The Kier molecular flexibility index (Phi) is 7.68. The fraction of sp³-hybridized carbons (Fsp3) is 0.304. The molecule has 0 atom stereocenters. The molecule has 0 spiro atoms. The van der Waals surface area contributed by atoms with Crippen LogP contribution in [0.3, 0.4) is 0 Å². The van der Waals surface area contributed by atoms with Gasteiger partial charge >= 0.3 is 6.18 Å². The van der Waals surface area contributed by atoms with E-state index in [1.54, 1.807) is 18.2 Å². The third kappa shape index (κ3) is 6.47. The molecule has 4 N–H and O–H groups in total. The zero-order chi connectivity index (χ0) is 27.5. The Morgan fingerprint density at radius 1 is 1.16 bits per heavy atom. The van der Waals surface area contributed by atoms with Gasteiger partial charge in [0.1, 0.15) is 17.2 Å². The summed E-state index contributed by atoms with van der Waals surface area (Å²) in [7, 11) is -3.66. The fourth-order valence-electron chi connectivity index (χ4n) is 3.52. The number of amides is 1. The molecule has 3 aromatic rings. The first kappa shape index (κ1) is 27.1. The van der Waals surface area contributed by atoms with Gasteiger partial charge in [-0.15, -0.1) is 0 Å². The summed E-state index contributed by atoms with van der Waals surface area (Å²) in [5.74, 6) is -1.21. The minimum Gasteiger partial charge on any atom is -0.389 e. The van der Waals surface area contributed by atoms with Crippen LogP contribution in [0.1, 0.15) is 28.4 Å². The zero-order valence-corrected chi connectivity index (χ0v) is 20.8. The molecule has 4 rings (SSSR count). The Labute approximate surface area is 216 Å². The third-order valence-electron chi connectivity index (χ3n) is 5.58. The third-order valence-corrected chi connectivity index (χ3v) is 6.84. The Bertz CT molecular complexity index is 1430. The summed E-state index contributed by atoms with van der Waals surface area (Å²) in [4.78, 5) is 25.7. The number of pyridine rings is 1. The lowest BCUT2D eigenvalue weighted by Gasteiger charge is -2.35. The number of carbonyl (C=O) groups is 1. The molecule has 1 aliphatic rings. The van der Waals surface area contributed by atoms with Crippen LogP contribution < -0.4 is 15.4 Å². The van der Waals surface area contributed by atoms with E-state index in [2.05, 4.69) is 30.3 Å². The maximum Gasteiger partial charge on any atom is 0.421 e. The van der Waals surface area contributed by atoms with Gasteiger partial charge in [0.25, 0.3) is 5.91 Å². The normalized spacial score (nSPS) is 14.1. The van der Waals surface area contributed by atoms with Crippen LogP contribution in [0.15, 0.2) is 48.8 Å². The quantitative estimate of drug-likeness (QED) is 0.315. The van der Waals surface area contributed by atoms with Crippen LogP contribution in [0, 0.1) is 0 Å². The first-order chi connectivity index (χ1) is 17.9. The Morgan fingerprint density at radius 2 is 1.92 bits per heavy atom. The lowest BCUT2D eigenvalue weighted by molar-refractivity contribution is -0.137. The second-order valence-electron chi connectivity index (χ2n) is 8.39. The molecule has 1 fully saturated rings. The summed E-state index contributed by atoms with van der Waals surface area (Å²) >= 11 is 0. The van der Waals surface area contributed by atoms with E-state index in [0.717, 1.165) is 0 Å². The van der Waals surface area contributed by atoms with E-state index in [0.29, 0.717) is 23.0 Å². The van der Waals surface area contributed by atoms with Gasteiger partial charge in [-0.1, -0.05) is 12.1 Å². The highest BCUT2D eigenvalue weighted by atomic mass is 32.2. The van der Waals surface area contributed by atoms with Crippen molar-refractivity contribution in [2.24, 2.45) is 0 Å². The summed E-state index contributed by atoms with van der Waals surface area (Å²) in [6, 6.07) is 9.31. The summed E-state index contributed by atoms with van der Waals surface area (Å²) in [6.07, 6.45) is -3.34. The maximum absolute atomic E-state index is 13.7. The second-order valence-corrected chi connectivity index (χ2v) is 10.4. The van der Waals surface area contributed by atoms with Gasteiger partial charge in [-0.3, -0.25) is 9.52 Å². The van der Waals surface area contributed by atoms with Gasteiger partial charge in [0.05, 0.1) is 11.9 Å². The van der Waals surface area contributed by atoms with E-state index < -0.39 is 33.7 Å². The van der Waals surface area contributed by atoms with Crippen LogP contribution in [0.5, 0.6) is 0 Å². The molecule has 2 aromatic heterocycles. The number of sulfonamides is 1. The number of hydrogen-bond acceptors (Lipinski definition) is 9. The second kappa shape index (κ2) is 10.8. The first-order valence-corrected chi connectivity index (χ1v) is 13.1. The average Bonchev–Trinajstić information content (AvgIpc) is 2.85. The molecule has 38 heavy (non-hydrogen) atoms. The number of alkyl halides is 3. The molecular weight excluding hydrogens is 527 g/mol. The van der Waals surface area contributed by atoms with Gasteiger partial charge in [0, 0.05) is 48.8 Å². The smallest absolute Gasteiger partial charge is 0.389 e. The van der Waals surface area contributed by atoms with E-state index in [9.17, 15) is 31.5 Å². The summed E-state index contributed by atoms with van der Waals surface area (Å²) in [5.41, 5.74) is -0.132. The number of β-amino-alcohol motifs (C(OH)–C–C–N with tert-alkyl or cyclic N) is 1. The maximum atomic E-state index is 13.7. The van der Waals surface area contributed by atoms with E-state index in [1.807, 2.05) is 0 Å². The molecule has 1 saturated heterocycles. The van der Waals surface area contributed by atoms with Crippen LogP contribution in [0.2, 0.25) is 0 Å². The molecule has 0 saturated carbocycles. The molecule has 1 aromatic carbocycles. The molecular formula is C23H24F3N7O4S. The zero-order valence-electron chi connectivity index (χ0n) is 20.0. The molecule has 3 heterocycles. The molecule has 0 bridgehead atoms. The number of aromatic nitrogens is 3. The van der Waals surface area contributed by atoms with Crippen LogP contribution in [0.4, 0.5) is 36.4 Å². The van der Waals surface area contributed by atoms with Gasteiger partial charge in [0.15, 0.2) is 0 Å². The number of aliphatic hydroxyl groups is 1. The van der Waals surface area contributed by atoms with E-state index in [4.69, 9.17) is 0 Å². The highest BCUT2D eigenvalue weighted by molar-refractivity contribution is 7.92. The molecule has 202 valence electrons. The predicted octanol–water partition coefficient (Wildman–Crippen LogP) is 2.82. The van der Waals surface area contributed by atoms with Crippen LogP contribution in [-0.2, 0) is 22.7 Å². The number of nitrogens with one attached hydrogen (secondary N) is 3. The number of nitrogens with zero attached hydrogens (tertiary/aromatic N) is 4. The minimum absolute atomic E-state index is 0.0148. The Balaban J connectivity index is 1.55. The van der Waals surface area contributed by atoms with Gasteiger partial charge in [-0.25, -0.2) is 18.4 Å². The number of hydrogen-bond donors (Lipinski definition) is 4. The monoisotopic (exact) mass is 551 g/mol. The Morgan fingerprint density at radius 3 is 2.61 bits per heavy atom. The number of aliphatic hydroxyl groups excluding tert-OH is 1. The average molecular weight is 552 g/mol. The largest absolute Gasteiger partial charge is 0.421 e. The van der Waals surface area contributed by atoms with Gasteiger partial charge in [0.2, 0.25) is 16.0 Å². The van der Waals surface area contributed by atoms with Crippen molar-refractivity contribution in [1.29, 1.82) is 0 Å². The lowest BCUT2D eigenvalue weighted by Crippen LogP contribution is -2.53. The molecule has 11 nitrogen and oxygen atoms in total. The van der Waals surface area contributed by atoms with Crippen molar-refractivity contribution in [3.63, 3.8) is 0 Å². The molecule has 1 amide bonds. The van der Waals surface area contributed by atoms with Gasteiger partial charge in [-0.2, -0.15) is 18.2 Å². The number of rotatable bonds is 9. The van der Waals surface area contributed by atoms with Gasteiger partial charge < -0.3 is 20.6 Å². The molecule has 1 aliphatic heterocycles. The van der Waals surface area contributed by atoms with Crippen LogP contribution in [-0.4, -0.2) is 64.2 Å². The van der Waals surface area contributed by atoms with Crippen molar-refractivity contribution in [2.45, 2.75) is 25.7 Å². The number of likely N-dealkylation sites (tertiary alicyclic amines) is 1. The number of halogens is 3. The molecule has 0 aliphatic carbocycles. The summed E-state index contributed by atoms with van der Waals surface area (Å²) in [6.45, 7) is 1.67. The van der Waals surface area contributed by atoms with Crippen molar-refractivity contribution >= 4 is 39.2 Å². The van der Waals surface area contributed by atoms with Crippen molar-refractivity contribution < 1.29 is 31.5 Å². The topological polar surface area (TPSA) is 149 Å². The van der Waals surface area contributed by atoms with Crippen LogP contribution >= 0.6 is 0 Å². The van der Waals surface area contributed by atoms with E-state index >= 15 is 0 Å². The molecule has 0 radical (unpaired) electrons. The SMILES string of the molecule is CCS(=O)(=O)Nc1ncccc1CNc1nc(Nc2cccc(C(=O)N3CC(O)C3)c2)ncc1C(F)(F)F. The van der Waals surface area contributed by atoms with E-state index in [1.165, 1.54) is 36.2 Å². The molecule has 0 unspecified atom stereocenters.